The zero-order chi connectivity index (χ0) is 20.7. The molecule has 0 aliphatic heterocycles. The Bertz CT molecular complexity index is 928. The maximum Gasteiger partial charge on any atom is 0.245 e. The van der Waals surface area contributed by atoms with Crippen LogP contribution < -0.4 is 19.1 Å². The van der Waals surface area contributed by atoms with Gasteiger partial charge in [-0.15, -0.1) is 0 Å². The van der Waals surface area contributed by atoms with E-state index in [1.165, 1.54) is 0 Å². The second-order valence-electron chi connectivity index (χ2n) is 6.13. The van der Waals surface area contributed by atoms with Crippen molar-refractivity contribution >= 4 is 27.3 Å². The van der Waals surface area contributed by atoms with E-state index in [0.717, 1.165) is 16.1 Å². The third kappa shape index (κ3) is 5.63. The number of carbonyl (C=O) groups is 1. The van der Waals surface area contributed by atoms with Gasteiger partial charge in [0.25, 0.3) is 0 Å². The van der Waals surface area contributed by atoms with Crippen molar-refractivity contribution in [2.75, 3.05) is 35.6 Å². The largest absolute Gasteiger partial charge is 0.490 e. The summed E-state index contributed by atoms with van der Waals surface area (Å²) in [6, 6.07) is 12.1. The highest BCUT2D eigenvalue weighted by Crippen LogP contribution is 2.30. The molecule has 0 aliphatic rings. The summed E-state index contributed by atoms with van der Waals surface area (Å²) in [5, 5.41) is 2.72. The van der Waals surface area contributed by atoms with Crippen molar-refractivity contribution in [3.05, 3.63) is 48.0 Å². The Morgan fingerprint density at radius 2 is 1.68 bits per heavy atom. The monoisotopic (exact) mass is 406 g/mol. The Hall–Kier alpha value is -2.74. The third-order valence-electron chi connectivity index (χ3n) is 3.90. The van der Waals surface area contributed by atoms with Crippen molar-refractivity contribution in [1.29, 1.82) is 0 Å². The summed E-state index contributed by atoms with van der Waals surface area (Å²) in [5.74, 6) is 0.640. The molecule has 0 aromatic heterocycles. The van der Waals surface area contributed by atoms with Crippen LogP contribution in [0.15, 0.2) is 42.5 Å². The normalized spacial score (nSPS) is 11.0. The first-order valence-electron chi connectivity index (χ1n) is 8.99. The number of aryl methyl sites for hydroxylation is 1. The van der Waals surface area contributed by atoms with Gasteiger partial charge in [-0.2, -0.15) is 0 Å². The molecule has 1 amide bonds. The summed E-state index contributed by atoms with van der Waals surface area (Å²) >= 11 is 0. The smallest absolute Gasteiger partial charge is 0.245 e. The van der Waals surface area contributed by atoms with Gasteiger partial charge in [-0.3, -0.25) is 9.10 Å². The van der Waals surface area contributed by atoms with Crippen LogP contribution in [-0.4, -0.2) is 40.3 Å². The van der Waals surface area contributed by atoms with Gasteiger partial charge in [-0.25, -0.2) is 8.42 Å². The van der Waals surface area contributed by atoms with Crippen LogP contribution in [-0.2, 0) is 14.8 Å². The number of nitrogens with zero attached hydrogens (tertiary/aromatic N) is 1. The summed E-state index contributed by atoms with van der Waals surface area (Å²) in [6.45, 7) is 6.13. The molecule has 0 saturated carbocycles. The molecule has 1 N–H and O–H groups in total. The number of rotatable bonds is 9. The van der Waals surface area contributed by atoms with Crippen molar-refractivity contribution in [3.8, 4) is 11.5 Å². The zero-order valence-corrected chi connectivity index (χ0v) is 17.4. The average molecular weight is 407 g/mol. The molecule has 0 fully saturated rings. The van der Waals surface area contributed by atoms with Gasteiger partial charge in [-0.05, 0) is 44.5 Å². The molecule has 7 nitrogen and oxygen atoms in total. The molecular formula is C20H26N2O5S. The standard InChI is InChI=1S/C20H26N2O5S/c1-5-26-18-12-11-16(13-19(18)27-6-2)21-20(23)14-22(28(4,24)25)17-10-8-7-9-15(17)3/h7-13H,5-6,14H2,1-4H3,(H,21,23). The number of carbonyl (C=O) groups excluding carboxylic acids is 1. The SMILES string of the molecule is CCOc1ccc(NC(=O)CN(c2ccccc2C)S(C)(=O)=O)cc1OCC. The van der Waals surface area contributed by atoms with E-state index in [4.69, 9.17) is 9.47 Å². The van der Waals surface area contributed by atoms with Crippen LogP contribution in [0, 0.1) is 6.92 Å². The van der Waals surface area contributed by atoms with Crippen LogP contribution in [0.5, 0.6) is 11.5 Å². The van der Waals surface area contributed by atoms with Crippen LogP contribution in [0.4, 0.5) is 11.4 Å². The van der Waals surface area contributed by atoms with Gasteiger partial charge in [0.05, 0.1) is 25.2 Å². The number of hydrogen-bond donors (Lipinski definition) is 1. The van der Waals surface area contributed by atoms with Crippen molar-refractivity contribution in [2.45, 2.75) is 20.8 Å². The van der Waals surface area contributed by atoms with Gasteiger partial charge in [0.1, 0.15) is 6.54 Å². The maximum absolute atomic E-state index is 12.5. The predicted octanol–water partition coefficient (Wildman–Crippen LogP) is 3.20. The quantitative estimate of drug-likeness (QED) is 0.691. The molecule has 28 heavy (non-hydrogen) atoms. The molecule has 8 heteroatoms. The van der Waals surface area contributed by atoms with E-state index < -0.39 is 15.9 Å². The number of benzene rings is 2. The van der Waals surface area contributed by atoms with Crippen LogP contribution in [0.3, 0.4) is 0 Å². The number of ether oxygens (including phenoxy) is 2. The number of para-hydroxylation sites is 1. The number of amides is 1. The lowest BCUT2D eigenvalue weighted by molar-refractivity contribution is -0.114. The summed E-state index contributed by atoms with van der Waals surface area (Å²) in [5.41, 5.74) is 1.73. The van der Waals surface area contributed by atoms with E-state index in [0.29, 0.717) is 36.1 Å². The van der Waals surface area contributed by atoms with Crippen molar-refractivity contribution in [2.24, 2.45) is 0 Å². The minimum atomic E-state index is -3.63. The molecule has 2 rings (SSSR count). The second-order valence-corrected chi connectivity index (χ2v) is 8.04. The Labute approximate surface area is 166 Å². The first kappa shape index (κ1) is 21.6. The van der Waals surface area contributed by atoms with Crippen LogP contribution in [0.25, 0.3) is 0 Å². The molecule has 0 atom stereocenters. The minimum Gasteiger partial charge on any atom is -0.490 e. The molecule has 152 valence electrons. The van der Waals surface area contributed by atoms with E-state index in [1.807, 2.05) is 19.9 Å². The summed E-state index contributed by atoms with van der Waals surface area (Å²) in [7, 11) is -3.63. The number of hydrogen-bond acceptors (Lipinski definition) is 5. The van der Waals surface area contributed by atoms with Crippen molar-refractivity contribution in [3.63, 3.8) is 0 Å². The van der Waals surface area contributed by atoms with Gasteiger partial charge < -0.3 is 14.8 Å². The first-order chi connectivity index (χ1) is 13.3. The Morgan fingerprint density at radius 3 is 2.29 bits per heavy atom. The van der Waals surface area contributed by atoms with E-state index in [-0.39, 0.29) is 6.54 Å². The topological polar surface area (TPSA) is 84.9 Å². The number of nitrogens with one attached hydrogen (secondary N) is 1. The second kappa shape index (κ2) is 9.45. The number of sulfonamides is 1. The molecule has 0 aliphatic carbocycles. The maximum atomic E-state index is 12.5. The summed E-state index contributed by atoms with van der Waals surface area (Å²) in [6.07, 6.45) is 1.08. The van der Waals surface area contributed by atoms with Gasteiger partial charge in [0.2, 0.25) is 15.9 Å². The first-order valence-corrected chi connectivity index (χ1v) is 10.8. The zero-order valence-electron chi connectivity index (χ0n) is 16.6. The fourth-order valence-electron chi connectivity index (χ4n) is 2.68. The van der Waals surface area contributed by atoms with Crippen LogP contribution >= 0.6 is 0 Å². The highest BCUT2D eigenvalue weighted by atomic mass is 32.2. The Morgan fingerprint density at radius 1 is 1.04 bits per heavy atom. The van der Waals surface area contributed by atoms with Crippen molar-refractivity contribution < 1.29 is 22.7 Å². The predicted molar refractivity (Wildman–Crippen MR) is 111 cm³/mol. The third-order valence-corrected chi connectivity index (χ3v) is 5.03. The van der Waals surface area contributed by atoms with E-state index >= 15 is 0 Å². The van der Waals surface area contributed by atoms with Gasteiger partial charge >= 0.3 is 0 Å². The summed E-state index contributed by atoms with van der Waals surface area (Å²) < 4.78 is 36.6. The average Bonchev–Trinajstić information content (AvgIpc) is 2.62. The van der Waals surface area contributed by atoms with Gasteiger partial charge in [-0.1, -0.05) is 18.2 Å². The number of anilines is 2. The molecule has 2 aromatic carbocycles. The molecular weight excluding hydrogens is 380 g/mol. The fraction of sp³-hybridized carbons (Fsp3) is 0.350. The van der Waals surface area contributed by atoms with Gasteiger partial charge in [0.15, 0.2) is 11.5 Å². The van der Waals surface area contributed by atoms with E-state index in [9.17, 15) is 13.2 Å². The highest BCUT2D eigenvalue weighted by molar-refractivity contribution is 7.92. The minimum absolute atomic E-state index is 0.332. The Balaban J connectivity index is 2.21. The van der Waals surface area contributed by atoms with E-state index in [2.05, 4.69) is 5.32 Å². The lowest BCUT2D eigenvalue weighted by atomic mass is 10.2. The molecule has 0 heterocycles. The summed E-state index contributed by atoms with van der Waals surface area (Å²) in [4.78, 5) is 12.5. The Kier molecular flexibility index (Phi) is 7.28. The molecule has 2 aromatic rings. The van der Waals surface area contributed by atoms with Gasteiger partial charge in [0, 0.05) is 11.8 Å². The molecule has 0 unspecified atom stereocenters. The highest BCUT2D eigenvalue weighted by Gasteiger charge is 2.22. The van der Waals surface area contributed by atoms with Crippen LogP contribution in [0.1, 0.15) is 19.4 Å². The lowest BCUT2D eigenvalue weighted by Gasteiger charge is -2.23. The molecule has 0 radical (unpaired) electrons. The fourth-order valence-corrected chi connectivity index (χ4v) is 3.60. The van der Waals surface area contributed by atoms with Crippen LogP contribution in [0.2, 0.25) is 0 Å². The lowest BCUT2D eigenvalue weighted by Crippen LogP contribution is -2.37. The molecule has 0 spiro atoms. The van der Waals surface area contributed by atoms with E-state index in [1.54, 1.807) is 43.3 Å². The molecule has 0 bridgehead atoms. The van der Waals surface area contributed by atoms with Crippen molar-refractivity contribution in [1.82, 2.24) is 0 Å². The molecule has 0 saturated heterocycles.